The Morgan fingerprint density at radius 3 is 2.13 bits per heavy atom. The van der Waals surface area contributed by atoms with Crippen LogP contribution in [-0.4, -0.2) is 37.6 Å². The van der Waals surface area contributed by atoms with Crippen molar-refractivity contribution in [2.24, 2.45) is 0 Å². The molecule has 0 aromatic heterocycles. The van der Waals surface area contributed by atoms with Crippen LogP contribution in [0.25, 0.3) is 0 Å². The number of aryl methyl sites for hydroxylation is 1. The maximum atomic E-state index is 13.3. The van der Waals surface area contributed by atoms with Gasteiger partial charge in [-0.25, -0.2) is 12.8 Å². The van der Waals surface area contributed by atoms with Crippen molar-refractivity contribution < 1.29 is 17.6 Å². The normalized spacial score (nSPS) is 11.5. The Labute approximate surface area is 182 Å². The third-order valence-corrected chi connectivity index (χ3v) is 6.81. The molecule has 0 unspecified atom stereocenters. The maximum absolute atomic E-state index is 13.3. The van der Waals surface area contributed by atoms with Crippen LogP contribution in [-0.2, 0) is 23.1 Å². The van der Waals surface area contributed by atoms with Crippen molar-refractivity contribution in [1.82, 2.24) is 9.21 Å². The number of carbonyl (C=O) groups excluding carboxylic acids is 1. The molecule has 5 nitrogen and oxygen atoms in total. The van der Waals surface area contributed by atoms with E-state index >= 15 is 0 Å². The summed E-state index contributed by atoms with van der Waals surface area (Å²) in [4.78, 5) is 14.4. The number of amides is 1. The molecule has 0 spiro atoms. The fraction of sp³-hybridized carbons (Fsp3) is 0.208. The van der Waals surface area contributed by atoms with E-state index in [2.05, 4.69) is 0 Å². The monoisotopic (exact) mass is 440 g/mol. The van der Waals surface area contributed by atoms with E-state index in [4.69, 9.17) is 0 Å². The van der Waals surface area contributed by atoms with E-state index in [1.807, 2.05) is 6.92 Å². The molecule has 3 aromatic rings. The van der Waals surface area contributed by atoms with Crippen molar-refractivity contribution >= 4 is 15.9 Å². The molecule has 1 amide bonds. The highest BCUT2D eigenvalue weighted by Gasteiger charge is 2.21. The standard InChI is InChI=1S/C24H25FN2O3S/c1-18-7-13-23(14-8-18)31(29,30)27(3)17-19-9-11-21(12-10-19)24(28)26(2)16-20-5-4-6-22(25)15-20/h4-15H,16-17H2,1-3H3. The average Bonchev–Trinajstić information content (AvgIpc) is 2.74. The van der Waals surface area contributed by atoms with Crippen molar-refractivity contribution in [2.75, 3.05) is 14.1 Å². The third-order valence-electron chi connectivity index (χ3n) is 4.99. The number of rotatable bonds is 7. The van der Waals surface area contributed by atoms with Gasteiger partial charge in [-0.15, -0.1) is 0 Å². The Kier molecular flexibility index (Phi) is 6.87. The lowest BCUT2D eigenvalue weighted by Gasteiger charge is -2.19. The van der Waals surface area contributed by atoms with Crippen LogP contribution in [0.3, 0.4) is 0 Å². The first kappa shape index (κ1) is 22.7. The summed E-state index contributed by atoms with van der Waals surface area (Å²) in [6.07, 6.45) is 0. The summed E-state index contributed by atoms with van der Waals surface area (Å²) in [5, 5.41) is 0. The van der Waals surface area contributed by atoms with Crippen molar-refractivity contribution in [3.63, 3.8) is 0 Å². The van der Waals surface area contributed by atoms with Crippen LogP contribution in [0.5, 0.6) is 0 Å². The Bertz CT molecular complexity index is 1160. The van der Waals surface area contributed by atoms with Gasteiger partial charge >= 0.3 is 0 Å². The molecule has 0 aliphatic rings. The predicted molar refractivity (Wildman–Crippen MR) is 118 cm³/mol. The molecule has 0 saturated heterocycles. The van der Waals surface area contributed by atoms with Crippen LogP contribution in [0, 0.1) is 12.7 Å². The number of sulfonamides is 1. The smallest absolute Gasteiger partial charge is 0.253 e. The second-order valence-electron chi connectivity index (χ2n) is 7.56. The molecule has 0 bridgehead atoms. The van der Waals surface area contributed by atoms with Crippen molar-refractivity contribution in [1.29, 1.82) is 0 Å². The highest BCUT2D eigenvalue weighted by atomic mass is 32.2. The molecule has 31 heavy (non-hydrogen) atoms. The van der Waals surface area contributed by atoms with Crippen LogP contribution in [0.1, 0.15) is 27.0 Å². The molecule has 0 N–H and O–H groups in total. The zero-order valence-corrected chi connectivity index (χ0v) is 18.6. The second kappa shape index (κ2) is 9.41. The van der Waals surface area contributed by atoms with Gasteiger partial charge < -0.3 is 4.90 Å². The summed E-state index contributed by atoms with van der Waals surface area (Å²) in [6.45, 7) is 2.37. The summed E-state index contributed by atoms with van der Waals surface area (Å²) >= 11 is 0. The van der Waals surface area contributed by atoms with E-state index in [-0.39, 0.29) is 29.7 Å². The fourth-order valence-electron chi connectivity index (χ4n) is 3.19. The molecular weight excluding hydrogens is 415 g/mol. The fourth-order valence-corrected chi connectivity index (χ4v) is 4.35. The minimum absolute atomic E-state index is 0.184. The highest BCUT2D eigenvalue weighted by molar-refractivity contribution is 7.89. The van der Waals surface area contributed by atoms with E-state index in [1.165, 1.54) is 28.4 Å². The molecule has 7 heteroatoms. The van der Waals surface area contributed by atoms with Gasteiger partial charge in [-0.05, 0) is 54.4 Å². The summed E-state index contributed by atoms with van der Waals surface area (Å²) < 4.78 is 40.1. The lowest BCUT2D eigenvalue weighted by molar-refractivity contribution is 0.0785. The largest absolute Gasteiger partial charge is 0.337 e. The molecule has 0 aliphatic carbocycles. The second-order valence-corrected chi connectivity index (χ2v) is 9.61. The molecule has 0 fully saturated rings. The topological polar surface area (TPSA) is 57.7 Å². The SMILES string of the molecule is Cc1ccc(S(=O)(=O)N(C)Cc2ccc(C(=O)N(C)Cc3cccc(F)c3)cc2)cc1. The Balaban J connectivity index is 1.66. The lowest BCUT2D eigenvalue weighted by Crippen LogP contribution is -2.27. The number of hydrogen-bond acceptors (Lipinski definition) is 3. The number of benzene rings is 3. The molecule has 0 saturated carbocycles. The average molecular weight is 441 g/mol. The first-order valence-corrected chi connectivity index (χ1v) is 11.2. The Morgan fingerprint density at radius 1 is 0.871 bits per heavy atom. The quantitative estimate of drug-likeness (QED) is 0.553. The maximum Gasteiger partial charge on any atom is 0.253 e. The minimum Gasteiger partial charge on any atom is -0.337 e. The van der Waals surface area contributed by atoms with Gasteiger partial charge in [-0.2, -0.15) is 4.31 Å². The van der Waals surface area contributed by atoms with Crippen LogP contribution in [0.2, 0.25) is 0 Å². The molecule has 0 heterocycles. The molecule has 3 aromatic carbocycles. The van der Waals surface area contributed by atoms with Crippen LogP contribution >= 0.6 is 0 Å². The molecule has 162 valence electrons. The molecule has 0 aliphatic heterocycles. The van der Waals surface area contributed by atoms with Gasteiger partial charge in [-0.3, -0.25) is 4.79 Å². The zero-order chi connectivity index (χ0) is 22.6. The van der Waals surface area contributed by atoms with Crippen LogP contribution < -0.4 is 0 Å². The summed E-state index contributed by atoms with van der Waals surface area (Å²) in [7, 11) is -0.420. The number of carbonyl (C=O) groups is 1. The first-order valence-electron chi connectivity index (χ1n) is 9.78. The summed E-state index contributed by atoms with van der Waals surface area (Å²) in [5.41, 5.74) is 2.94. The van der Waals surface area contributed by atoms with Gasteiger partial charge in [0.2, 0.25) is 10.0 Å². The number of halogens is 1. The highest BCUT2D eigenvalue weighted by Crippen LogP contribution is 2.18. The van der Waals surface area contributed by atoms with Crippen LogP contribution in [0.15, 0.2) is 77.7 Å². The van der Waals surface area contributed by atoms with Crippen molar-refractivity contribution in [3.05, 3.63) is 101 Å². The van der Waals surface area contributed by atoms with Crippen LogP contribution in [0.4, 0.5) is 4.39 Å². The van der Waals surface area contributed by atoms with Gasteiger partial charge in [0.05, 0.1) is 4.90 Å². The molecular formula is C24H25FN2O3S. The molecule has 0 radical (unpaired) electrons. The van der Waals surface area contributed by atoms with Gasteiger partial charge in [0.1, 0.15) is 5.82 Å². The van der Waals surface area contributed by atoms with E-state index in [9.17, 15) is 17.6 Å². The minimum atomic E-state index is -3.60. The molecule has 3 rings (SSSR count). The number of nitrogens with zero attached hydrogens (tertiary/aromatic N) is 2. The van der Waals surface area contributed by atoms with Crippen molar-refractivity contribution in [3.8, 4) is 0 Å². The van der Waals surface area contributed by atoms with Gasteiger partial charge in [-0.1, -0.05) is 42.0 Å². The number of hydrogen-bond donors (Lipinski definition) is 0. The van der Waals surface area contributed by atoms with Gasteiger partial charge in [0, 0.05) is 32.7 Å². The lowest BCUT2D eigenvalue weighted by atomic mass is 10.1. The van der Waals surface area contributed by atoms with Gasteiger partial charge in [0.25, 0.3) is 5.91 Å². The summed E-state index contributed by atoms with van der Waals surface area (Å²) in [5.74, 6) is -0.538. The zero-order valence-electron chi connectivity index (χ0n) is 17.7. The Hall–Kier alpha value is -3.03. The third kappa shape index (κ3) is 5.57. The first-order chi connectivity index (χ1) is 14.7. The predicted octanol–water partition coefficient (Wildman–Crippen LogP) is 4.23. The van der Waals surface area contributed by atoms with E-state index < -0.39 is 10.0 Å². The van der Waals surface area contributed by atoms with E-state index in [0.717, 1.165) is 11.1 Å². The van der Waals surface area contributed by atoms with E-state index in [0.29, 0.717) is 11.1 Å². The van der Waals surface area contributed by atoms with Gasteiger partial charge in [0.15, 0.2) is 0 Å². The van der Waals surface area contributed by atoms with E-state index in [1.54, 1.807) is 67.7 Å². The Morgan fingerprint density at radius 2 is 1.52 bits per heavy atom. The molecule has 0 atom stereocenters. The summed E-state index contributed by atoms with van der Waals surface area (Å²) in [6, 6.07) is 19.7. The van der Waals surface area contributed by atoms with Crippen molar-refractivity contribution in [2.45, 2.75) is 24.9 Å².